The maximum Gasteiger partial charge on any atom is 0.326 e. The molecule has 1 saturated heterocycles. The van der Waals surface area contributed by atoms with Crippen molar-refractivity contribution in [1.29, 1.82) is 0 Å². The maximum absolute atomic E-state index is 13.0. The molecule has 1 amide bonds. The van der Waals surface area contributed by atoms with Crippen LogP contribution in [0.3, 0.4) is 0 Å². The first kappa shape index (κ1) is 17.9. The Hall–Kier alpha value is -3.49. The quantitative estimate of drug-likeness (QED) is 0.712. The number of oxazole rings is 1. The average Bonchev–Trinajstić information content (AvgIpc) is 3.31. The molecule has 0 unspecified atom stereocenters. The molecule has 1 fully saturated rings. The third kappa shape index (κ3) is 3.64. The zero-order valence-electron chi connectivity index (χ0n) is 14.8. The second-order valence-electron chi connectivity index (χ2n) is 6.63. The highest BCUT2D eigenvalue weighted by atomic mass is 19.1. The minimum Gasteiger partial charge on any atom is -0.443 e. The molecule has 3 aromatic rings. The van der Waals surface area contributed by atoms with Gasteiger partial charge in [-0.15, -0.1) is 0 Å². The van der Waals surface area contributed by atoms with E-state index in [0.717, 1.165) is 18.1 Å². The Morgan fingerprint density at radius 2 is 2.04 bits per heavy atom. The van der Waals surface area contributed by atoms with E-state index in [9.17, 15) is 18.8 Å². The van der Waals surface area contributed by atoms with Gasteiger partial charge < -0.3 is 14.3 Å². The summed E-state index contributed by atoms with van der Waals surface area (Å²) in [7, 11) is 0. The fourth-order valence-electron chi connectivity index (χ4n) is 3.37. The summed E-state index contributed by atoms with van der Waals surface area (Å²) in [5.41, 5.74) is -0.562. The van der Waals surface area contributed by atoms with E-state index in [1.54, 1.807) is 18.3 Å². The molecule has 1 atom stereocenters. The van der Waals surface area contributed by atoms with E-state index in [-0.39, 0.29) is 17.6 Å². The van der Waals surface area contributed by atoms with E-state index < -0.39 is 17.2 Å². The standard InChI is InChI=1S/C19H17FN4O4/c20-12-5-3-11(4-6-12)8-13-10-21-17(28-13)15-2-1-7-24(15)18(26)14-9-16(25)23-19(27)22-14/h3-6,9-10,15H,1-2,7-8H2,(H2,22,23,25,27)/t15-/m0/s1. The van der Waals surface area contributed by atoms with Gasteiger partial charge in [0.05, 0.1) is 6.20 Å². The number of aromatic amines is 2. The molecule has 4 rings (SSSR count). The highest BCUT2D eigenvalue weighted by Gasteiger charge is 2.34. The highest BCUT2D eigenvalue weighted by Crippen LogP contribution is 2.32. The molecular weight excluding hydrogens is 367 g/mol. The van der Waals surface area contributed by atoms with Crippen LogP contribution in [-0.2, 0) is 6.42 Å². The molecule has 3 heterocycles. The number of nitrogens with one attached hydrogen (secondary N) is 2. The normalized spacial score (nSPS) is 16.5. The largest absolute Gasteiger partial charge is 0.443 e. The van der Waals surface area contributed by atoms with Gasteiger partial charge in [-0.1, -0.05) is 12.1 Å². The molecular formula is C19H17FN4O4. The lowest BCUT2D eigenvalue weighted by Crippen LogP contribution is -2.34. The Bertz CT molecular complexity index is 1090. The molecule has 0 spiro atoms. The van der Waals surface area contributed by atoms with Gasteiger partial charge in [0.15, 0.2) is 0 Å². The highest BCUT2D eigenvalue weighted by molar-refractivity contribution is 5.92. The van der Waals surface area contributed by atoms with E-state index >= 15 is 0 Å². The lowest BCUT2D eigenvalue weighted by Gasteiger charge is -2.21. The number of likely N-dealkylation sites (tertiary alicyclic amines) is 1. The van der Waals surface area contributed by atoms with E-state index in [4.69, 9.17) is 4.42 Å². The topological polar surface area (TPSA) is 112 Å². The van der Waals surface area contributed by atoms with Crippen molar-refractivity contribution in [2.75, 3.05) is 6.54 Å². The predicted octanol–water partition coefficient (Wildman–Crippen LogP) is 1.76. The van der Waals surface area contributed by atoms with Crippen LogP contribution in [0.2, 0.25) is 0 Å². The van der Waals surface area contributed by atoms with Crippen LogP contribution in [0.25, 0.3) is 0 Å². The van der Waals surface area contributed by atoms with E-state index in [1.807, 2.05) is 4.98 Å². The summed E-state index contributed by atoms with van der Waals surface area (Å²) in [5.74, 6) is 0.240. The first-order chi connectivity index (χ1) is 13.5. The molecule has 8 nitrogen and oxygen atoms in total. The monoisotopic (exact) mass is 384 g/mol. The number of carbonyl (C=O) groups excluding carboxylic acids is 1. The number of H-pyrrole nitrogens is 2. The number of aromatic nitrogens is 3. The summed E-state index contributed by atoms with van der Waals surface area (Å²) in [5, 5.41) is 0. The van der Waals surface area contributed by atoms with Crippen LogP contribution in [-0.4, -0.2) is 32.3 Å². The molecule has 28 heavy (non-hydrogen) atoms. The Morgan fingerprint density at radius 3 is 2.79 bits per heavy atom. The van der Waals surface area contributed by atoms with Crippen molar-refractivity contribution in [3.05, 3.63) is 86.1 Å². The molecule has 2 N–H and O–H groups in total. The maximum atomic E-state index is 13.0. The summed E-state index contributed by atoms with van der Waals surface area (Å²) in [6, 6.07) is 6.79. The lowest BCUT2D eigenvalue weighted by molar-refractivity contribution is 0.0708. The van der Waals surface area contributed by atoms with Gasteiger partial charge >= 0.3 is 5.69 Å². The van der Waals surface area contributed by atoms with E-state index in [2.05, 4.69) is 9.97 Å². The van der Waals surface area contributed by atoms with Crippen LogP contribution in [0.15, 0.2) is 50.5 Å². The summed E-state index contributed by atoms with van der Waals surface area (Å²) in [6.07, 6.45) is 3.46. The summed E-state index contributed by atoms with van der Waals surface area (Å²) < 4.78 is 18.9. The summed E-state index contributed by atoms with van der Waals surface area (Å²) in [6.45, 7) is 0.466. The van der Waals surface area contributed by atoms with Crippen LogP contribution in [0.5, 0.6) is 0 Å². The van der Waals surface area contributed by atoms with Crippen molar-refractivity contribution in [3.8, 4) is 0 Å². The number of hydrogen-bond acceptors (Lipinski definition) is 5. The van der Waals surface area contributed by atoms with Crippen LogP contribution in [0.1, 0.15) is 46.6 Å². The molecule has 0 saturated carbocycles. The van der Waals surface area contributed by atoms with Gasteiger partial charge in [-0.05, 0) is 30.5 Å². The SMILES string of the molecule is O=C(c1cc(=O)[nH]c(=O)[nH]1)N1CCC[C@H]1c1ncc(Cc2ccc(F)cc2)o1. The Morgan fingerprint density at radius 1 is 1.25 bits per heavy atom. The molecule has 1 aliphatic heterocycles. The molecule has 0 radical (unpaired) electrons. The van der Waals surface area contributed by atoms with Gasteiger partial charge in [0.25, 0.3) is 11.5 Å². The zero-order chi connectivity index (χ0) is 19.7. The third-order valence-electron chi connectivity index (χ3n) is 4.65. The smallest absolute Gasteiger partial charge is 0.326 e. The average molecular weight is 384 g/mol. The number of benzene rings is 1. The first-order valence-corrected chi connectivity index (χ1v) is 8.83. The predicted molar refractivity (Wildman–Crippen MR) is 96.4 cm³/mol. The van der Waals surface area contributed by atoms with Crippen molar-refractivity contribution in [2.24, 2.45) is 0 Å². The Labute approximate surface area is 158 Å². The van der Waals surface area contributed by atoms with Crippen LogP contribution in [0, 0.1) is 5.82 Å². The van der Waals surface area contributed by atoms with Crippen molar-refractivity contribution in [1.82, 2.24) is 19.9 Å². The zero-order valence-corrected chi connectivity index (χ0v) is 14.8. The second kappa shape index (κ2) is 7.26. The summed E-state index contributed by atoms with van der Waals surface area (Å²) >= 11 is 0. The molecule has 144 valence electrons. The minimum atomic E-state index is -0.732. The number of nitrogens with zero attached hydrogens (tertiary/aromatic N) is 2. The van der Waals surface area contributed by atoms with E-state index in [0.29, 0.717) is 31.0 Å². The fraction of sp³-hybridized carbons (Fsp3) is 0.263. The minimum absolute atomic E-state index is 0.0706. The Kier molecular flexibility index (Phi) is 4.64. The lowest BCUT2D eigenvalue weighted by atomic mass is 10.1. The van der Waals surface area contributed by atoms with Gasteiger partial charge in [0.2, 0.25) is 5.89 Å². The second-order valence-corrected chi connectivity index (χ2v) is 6.63. The molecule has 0 bridgehead atoms. The van der Waals surface area contributed by atoms with Gasteiger partial charge in [-0.2, -0.15) is 0 Å². The molecule has 9 heteroatoms. The summed E-state index contributed by atoms with van der Waals surface area (Å²) in [4.78, 5) is 45.9. The number of amides is 1. The fourth-order valence-corrected chi connectivity index (χ4v) is 3.37. The van der Waals surface area contributed by atoms with E-state index in [1.165, 1.54) is 17.0 Å². The number of halogens is 1. The van der Waals surface area contributed by atoms with Crippen LogP contribution >= 0.6 is 0 Å². The Balaban J connectivity index is 1.54. The third-order valence-corrected chi connectivity index (χ3v) is 4.65. The first-order valence-electron chi connectivity index (χ1n) is 8.83. The number of hydrogen-bond donors (Lipinski definition) is 2. The van der Waals surface area contributed by atoms with Crippen molar-refractivity contribution >= 4 is 5.91 Å². The van der Waals surface area contributed by atoms with Crippen LogP contribution in [0.4, 0.5) is 4.39 Å². The van der Waals surface area contributed by atoms with Gasteiger partial charge in [0, 0.05) is 19.0 Å². The van der Waals surface area contributed by atoms with Gasteiger partial charge in [-0.25, -0.2) is 14.2 Å². The molecule has 0 aliphatic carbocycles. The van der Waals surface area contributed by atoms with Gasteiger partial charge in [-0.3, -0.25) is 14.6 Å². The van der Waals surface area contributed by atoms with Gasteiger partial charge in [0.1, 0.15) is 23.3 Å². The molecule has 1 aliphatic rings. The van der Waals surface area contributed by atoms with Crippen molar-refractivity contribution < 1.29 is 13.6 Å². The van der Waals surface area contributed by atoms with Crippen molar-refractivity contribution in [2.45, 2.75) is 25.3 Å². The van der Waals surface area contributed by atoms with Crippen LogP contribution < -0.4 is 11.2 Å². The molecule has 2 aromatic heterocycles. The number of rotatable bonds is 4. The molecule has 1 aromatic carbocycles. The van der Waals surface area contributed by atoms with Crippen molar-refractivity contribution in [3.63, 3.8) is 0 Å². The number of carbonyl (C=O) groups is 1.